The van der Waals surface area contributed by atoms with Crippen LogP contribution in [0.5, 0.6) is 0 Å². The average Bonchev–Trinajstić information content (AvgIpc) is 2.31. The molecular formula is C12H18N2O2. The molecule has 0 saturated heterocycles. The standard InChI is InChI=1S/C10H12N2O2.C2H6/c1-3-9(14)8-4-5-10(11-6-8)12-7(2)13;1-2/h4-6H,3H2,1-2H3,(H,11,12,13);1-2H3. The van der Waals surface area contributed by atoms with Gasteiger partial charge in [-0.2, -0.15) is 0 Å². The summed E-state index contributed by atoms with van der Waals surface area (Å²) < 4.78 is 0. The topological polar surface area (TPSA) is 59.1 Å². The Balaban J connectivity index is 0.00000106. The van der Waals surface area contributed by atoms with Gasteiger partial charge in [-0.05, 0) is 12.1 Å². The van der Waals surface area contributed by atoms with Crippen LogP contribution >= 0.6 is 0 Å². The third-order valence-electron chi connectivity index (χ3n) is 1.71. The van der Waals surface area contributed by atoms with Gasteiger partial charge in [0, 0.05) is 25.1 Å². The Hall–Kier alpha value is -1.71. The van der Waals surface area contributed by atoms with Crippen LogP contribution in [0.1, 0.15) is 44.5 Å². The number of aromatic nitrogens is 1. The predicted octanol–water partition coefficient (Wildman–Crippen LogP) is 2.66. The van der Waals surface area contributed by atoms with Crippen LogP contribution in [-0.2, 0) is 4.79 Å². The maximum atomic E-state index is 11.2. The Kier molecular flexibility index (Phi) is 6.76. The van der Waals surface area contributed by atoms with Crippen molar-refractivity contribution < 1.29 is 9.59 Å². The zero-order valence-corrected chi connectivity index (χ0v) is 10.2. The second kappa shape index (κ2) is 7.56. The first-order valence-corrected chi connectivity index (χ1v) is 5.40. The van der Waals surface area contributed by atoms with Gasteiger partial charge >= 0.3 is 0 Å². The van der Waals surface area contributed by atoms with E-state index >= 15 is 0 Å². The lowest BCUT2D eigenvalue weighted by molar-refractivity contribution is -0.114. The molecule has 1 rings (SSSR count). The highest BCUT2D eigenvalue weighted by atomic mass is 16.1. The third-order valence-corrected chi connectivity index (χ3v) is 1.71. The molecule has 1 aromatic heterocycles. The van der Waals surface area contributed by atoms with E-state index in [4.69, 9.17) is 0 Å². The molecule has 1 aromatic rings. The molecular weight excluding hydrogens is 204 g/mol. The first-order valence-electron chi connectivity index (χ1n) is 5.40. The number of amides is 1. The lowest BCUT2D eigenvalue weighted by Crippen LogP contribution is -2.08. The molecule has 1 amide bonds. The Bertz CT molecular complexity index is 345. The third kappa shape index (κ3) is 4.68. The van der Waals surface area contributed by atoms with E-state index in [1.807, 2.05) is 13.8 Å². The van der Waals surface area contributed by atoms with Crippen molar-refractivity contribution in [2.75, 3.05) is 5.32 Å². The van der Waals surface area contributed by atoms with E-state index in [1.165, 1.54) is 13.1 Å². The number of hydrogen-bond acceptors (Lipinski definition) is 3. The summed E-state index contributed by atoms with van der Waals surface area (Å²) in [6.45, 7) is 7.21. The molecule has 0 saturated carbocycles. The number of anilines is 1. The van der Waals surface area contributed by atoms with Gasteiger partial charge in [-0.1, -0.05) is 20.8 Å². The summed E-state index contributed by atoms with van der Waals surface area (Å²) in [5.41, 5.74) is 0.571. The average molecular weight is 222 g/mol. The number of rotatable bonds is 3. The summed E-state index contributed by atoms with van der Waals surface area (Å²) in [6.07, 6.45) is 1.93. The molecule has 0 unspecified atom stereocenters. The van der Waals surface area contributed by atoms with E-state index < -0.39 is 0 Å². The summed E-state index contributed by atoms with van der Waals surface area (Å²) in [7, 11) is 0. The largest absolute Gasteiger partial charge is 0.311 e. The highest BCUT2D eigenvalue weighted by molar-refractivity contribution is 5.96. The van der Waals surface area contributed by atoms with Crippen molar-refractivity contribution in [2.45, 2.75) is 34.1 Å². The number of hydrogen-bond donors (Lipinski definition) is 1. The molecule has 4 heteroatoms. The number of ketones is 1. The van der Waals surface area contributed by atoms with Crippen molar-refractivity contribution in [1.82, 2.24) is 4.98 Å². The van der Waals surface area contributed by atoms with Crippen molar-refractivity contribution in [1.29, 1.82) is 0 Å². The number of carbonyl (C=O) groups is 2. The summed E-state index contributed by atoms with van der Waals surface area (Å²) in [5, 5.41) is 2.53. The van der Waals surface area contributed by atoms with E-state index in [9.17, 15) is 9.59 Å². The van der Waals surface area contributed by atoms with Crippen molar-refractivity contribution in [2.24, 2.45) is 0 Å². The van der Waals surface area contributed by atoms with Crippen molar-refractivity contribution in [3.8, 4) is 0 Å². The van der Waals surface area contributed by atoms with Crippen LogP contribution in [0.4, 0.5) is 5.82 Å². The molecule has 4 nitrogen and oxygen atoms in total. The van der Waals surface area contributed by atoms with Gasteiger partial charge in [0.2, 0.25) is 5.91 Å². The quantitative estimate of drug-likeness (QED) is 0.800. The summed E-state index contributed by atoms with van der Waals surface area (Å²) in [4.78, 5) is 25.8. The zero-order valence-electron chi connectivity index (χ0n) is 10.2. The van der Waals surface area contributed by atoms with Crippen molar-refractivity contribution in [3.63, 3.8) is 0 Å². The van der Waals surface area contributed by atoms with Crippen molar-refractivity contribution in [3.05, 3.63) is 23.9 Å². The van der Waals surface area contributed by atoms with Gasteiger partial charge in [0.05, 0.1) is 0 Å². The number of pyridine rings is 1. The Morgan fingerprint density at radius 1 is 1.31 bits per heavy atom. The Morgan fingerprint density at radius 2 is 1.94 bits per heavy atom. The monoisotopic (exact) mass is 222 g/mol. The van der Waals surface area contributed by atoms with Crippen molar-refractivity contribution >= 4 is 17.5 Å². The normalized spacial score (nSPS) is 8.75. The van der Waals surface area contributed by atoms with Gasteiger partial charge in [0.15, 0.2) is 5.78 Å². The molecule has 0 aromatic carbocycles. The molecule has 0 bridgehead atoms. The van der Waals surface area contributed by atoms with Gasteiger partial charge in [0.25, 0.3) is 0 Å². The molecule has 0 fully saturated rings. The SMILES string of the molecule is CC.CCC(=O)c1ccc(NC(C)=O)nc1. The second-order valence-corrected chi connectivity index (χ2v) is 2.89. The molecule has 1 N–H and O–H groups in total. The molecule has 0 spiro atoms. The lowest BCUT2D eigenvalue weighted by Gasteiger charge is -2.01. The maximum absolute atomic E-state index is 11.2. The number of carbonyl (C=O) groups excluding carboxylic acids is 2. The molecule has 0 aliphatic rings. The van der Waals surface area contributed by atoms with E-state index in [-0.39, 0.29) is 11.7 Å². The van der Waals surface area contributed by atoms with E-state index in [2.05, 4.69) is 10.3 Å². The fourth-order valence-electron chi connectivity index (χ4n) is 1.02. The van der Waals surface area contributed by atoms with Crippen LogP contribution < -0.4 is 5.32 Å². The van der Waals surface area contributed by atoms with Gasteiger partial charge in [-0.3, -0.25) is 9.59 Å². The van der Waals surface area contributed by atoms with Gasteiger partial charge < -0.3 is 5.32 Å². The van der Waals surface area contributed by atoms with Gasteiger partial charge in [0.1, 0.15) is 5.82 Å². The number of Topliss-reactive ketones (excluding diaryl/α,β-unsaturated/α-hetero) is 1. The van der Waals surface area contributed by atoms with Crippen LogP contribution in [0.25, 0.3) is 0 Å². The number of nitrogens with zero attached hydrogens (tertiary/aromatic N) is 1. The summed E-state index contributed by atoms with van der Waals surface area (Å²) >= 11 is 0. The molecule has 1 heterocycles. The van der Waals surface area contributed by atoms with Crippen LogP contribution in [0, 0.1) is 0 Å². The predicted molar refractivity (Wildman–Crippen MR) is 64.5 cm³/mol. The maximum Gasteiger partial charge on any atom is 0.222 e. The Morgan fingerprint density at radius 3 is 2.31 bits per heavy atom. The first kappa shape index (κ1) is 14.3. The van der Waals surface area contributed by atoms with Crippen LogP contribution in [0.3, 0.4) is 0 Å². The molecule has 0 radical (unpaired) electrons. The van der Waals surface area contributed by atoms with Crippen LogP contribution in [0.15, 0.2) is 18.3 Å². The molecule has 88 valence electrons. The summed E-state index contributed by atoms with van der Waals surface area (Å²) in [6, 6.07) is 3.27. The van der Waals surface area contributed by atoms with Crippen LogP contribution in [-0.4, -0.2) is 16.7 Å². The fraction of sp³-hybridized carbons (Fsp3) is 0.417. The highest BCUT2D eigenvalue weighted by Gasteiger charge is 2.03. The zero-order chi connectivity index (χ0) is 12.6. The summed E-state index contributed by atoms with van der Waals surface area (Å²) in [5.74, 6) is 0.337. The highest BCUT2D eigenvalue weighted by Crippen LogP contribution is 2.06. The van der Waals surface area contributed by atoms with E-state index in [1.54, 1.807) is 19.1 Å². The van der Waals surface area contributed by atoms with Crippen LogP contribution in [0.2, 0.25) is 0 Å². The minimum Gasteiger partial charge on any atom is -0.311 e. The molecule has 0 atom stereocenters. The van der Waals surface area contributed by atoms with Gasteiger partial charge in [-0.25, -0.2) is 4.98 Å². The van der Waals surface area contributed by atoms with E-state index in [0.29, 0.717) is 17.8 Å². The number of nitrogens with one attached hydrogen (secondary N) is 1. The minimum atomic E-state index is -0.174. The van der Waals surface area contributed by atoms with E-state index in [0.717, 1.165) is 0 Å². The smallest absolute Gasteiger partial charge is 0.222 e. The minimum absolute atomic E-state index is 0.0480. The van der Waals surface area contributed by atoms with Gasteiger partial charge in [-0.15, -0.1) is 0 Å². The first-order chi connectivity index (χ1) is 7.63. The lowest BCUT2D eigenvalue weighted by atomic mass is 10.1. The Labute approximate surface area is 96.1 Å². The fourth-order valence-corrected chi connectivity index (χ4v) is 1.02. The second-order valence-electron chi connectivity index (χ2n) is 2.89. The molecule has 16 heavy (non-hydrogen) atoms. The molecule has 0 aliphatic heterocycles. The molecule has 0 aliphatic carbocycles.